The van der Waals surface area contributed by atoms with Gasteiger partial charge < -0.3 is 28.5 Å². The summed E-state index contributed by atoms with van der Waals surface area (Å²) in [5, 5.41) is 3.00. The van der Waals surface area contributed by atoms with E-state index in [1.165, 1.54) is 77.0 Å². The number of phosphoric ester groups is 1. The highest BCUT2D eigenvalue weighted by Crippen LogP contribution is 2.38. The minimum atomic E-state index is -4.73. The molecule has 0 fully saturated rings. The van der Waals surface area contributed by atoms with Gasteiger partial charge in [0.25, 0.3) is 7.82 Å². The van der Waals surface area contributed by atoms with Gasteiger partial charge in [0, 0.05) is 12.8 Å². The molecule has 0 aromatic heterocycles. The third-order valence-corrected chi connectivity index (χ3v) is 14.7. The van der Waals surface area contributed by atoms with Crippen molar-refractivity contribution in [1.29, 1.82) is 0 Å². The predicted octanol–water partition coefficient (Wildman–Crippen LogP) is 20.4. The molecular weight excluding hydrogens is 1050 g/mol. The Hall–Kier alpha value is -4.11. The van der Waals surface area contributed by atoms with Crippen molar-refractivity contribution < 1.29 is 37.3 Å². The summed E-state index contributed by atoms with van der Waals surface area (Å²) in [6.45, 7) is 6.56. The summed E-state index contributed by atoms with van der Waals surface area (Å²) in [6.07, 6.45) is 88.3. The average molecular weight is 1170 g/mol. The normalized spacial score (nSPS) is 14.5. The molecule has 0 aliphatic rings. The lowest BCUT2D eigenvalue weighted by molar-refractivity contribution is -0.870. The molecule has 83 heavy (non-hydrogen) atoms. The molecule has 1 N–H and O–H groups in total. The predicted molar refractivity (Wildman–Crippen MR) is 357 cm³/mol. The van der Waals surface area contributed by atoms with E-state index in [1.807, 2.05) is 33.3 Å². The summed E-state index contributed by atoms with van der Waals surface area (Å²) in [5.74, 6) is -0.609. The van der Waals surface area contributed by atoms with Crippen LogP contribution in [0.3, 0.4) is 0 Å². The molecule has 0 aromatic rings. The first kappa shape index (κ1) is 78.9. The fraction of sp³-hybridized carbons (Fsp3) is 0.644. The minimum Gasteiger partial charge on any atom is -0.756 e. The third kappa shape index (κ3) is 62.2. The van der Waals surface area contributed by atoms with Crippen molar-refractivity contribution in [3.05, 3.63) is 146 Å². The van der Waals surface area contributed by atoms with Crippen LogP contribution in [0.5, 0.6) is 0 Å². The number of nitrogens with one attached hydrogen (secondary N) is 1. The summed E-state index contributed by atoms with van der Waals surface area (Å²) >= 11 is 0. The highest BCUT2D eigenvalue weighted by atomic mass is 31.2. The minimum absolute atomic E-state index is 0.0401. The van der Waals surface area contributed by atoms with Crippen LogP contribution in [-0.2, 0) is 27.9 Å². The van der Waals surface area contributed by atoms with Gasteiger partial charge in [-0.1, -0.05) is 257 Å². The average Bonchev–Trinajstić information content (AvgIpc) is 3.51. The summed E-state index contributed by atoms with van der Waals surface area (Å²) in [5.41, 5.74) is 0. The molecule has 472 valence electrons. The number of unbranched alkanes of at least 4 members (excludes halogenated alkanes) is 20. The smallest absolute Gasteiger partial charge is 0.306 e. The fourth-order valence-corrected chi connectivity index (χ4v) is 9.45. The molecule has 0 saturated heterocycles. The Morgan fingerprint density at radius 2 is 0.771 bits per heavy atom. The molecule has 0 spiro atoms. The number of carbonyl (C=O) groups excluding carboxylic acids is 2. The summed E-state index contributed by atoms with van der Waals surface area (Å²) in [6, 6.07) is -0.925. The van der Waals surface area contributed by atoms with E-state index in [0.29, 0.717) is 23.9 Å². The number of quaternary nitrogens is 1. The van der Waals surface area contributed by atoms with Gasteiger partial charge in [-0.15, -0.1) is 0 Å². The van der Waals surface area contributed by atoms with Crippen molar-refractivity contribution in [2.45, 2.75) is 264 Å². The lowest BCUT2D eigenvalue weighted by atomic mass is 10.1. The van der Waals surface area contributed by atoms with E-state index in [9.17, 15) is 19.0 Å². The summed E-state index contributed by atoms with van der Waals surface area (Å²) in [4.78, 5) is 40.1. The van der Waals surface area contributed by atoms with Crippen molar-refractivity contribution in [2.24, 2.45) is 0 Å². The zero-order valence-electron chi connectivity index (χ0n) is 53.8. The lowest BCUT2D eigenvalue weighted by Gasteiger charge is -2.30. The zero-order valence-corrected chi connectivity index (χ0v) is 54.7. The van der Waals surface area contributed by atoms with Gasteiger partial charge in [0.2, 0.25) is 5.91 Å². The van der Waals surface area contributed by atoms with Crippen molar-refractivity contribution in [3.8, 4) is 0 Å². The molecule has 0 aliphatic carbocycles. The Kier molecular flexibility index (Phi) is 58.0. The van der Waals surface area contributed by atoms with Crippen molar-refractivity contribution in [1.82, 2.24) is 5.32 Å². The Labute approximate surface area is 510 Å². The second-order valence-electron chi connectivity index (χ2n) is 22.9. The fourth-order valence-electron chi connectivity index (χ4n) is 8.73. The Morgan fingerprint density at radius 1 is 0.434 bits per heavy atom. The highest BCUT2D eigenvalue weighted by Gasteiger charge is 2.27. The number of esters is 1. The molecule has 9 nitrogen and oxygen atoms in total. The molecular formula is C73H123N2O7P. The molecule has 3 unspecified atom stereocenters. The van der Waals surface area contributed by atoms with Gasteiger partial charge in [-0.2, -0.15) is 0 Å². The van der Waals surface area contributed by atoms with Crippen LogP contribution in [0.15, 0.2) is 146 Å². The second kappa shape index (κ2) is 61.0. The van der Waals surface area contributed by atoms with E-state index in [2.05, 4.69) is 160 Å². The number of likely N-dealkylation sites (N-methyl/N-ethyl adjacent to an activating group) is 1. The van der Waals surface area contributed by atoms with Crippen molar-refractivity contribution in [2.75, 3.05) is 40.9 Å². The van der Waals surface area contributed by atoms with E-state index in [0.717, 1.165) is 128 Å². The van der Waals surface area contributed by atoms with Crippen molar-refractivity contribution >= 4 is 19.7 Å². The maximum Gasteiger partial charge on any atom is 0.306 e. The van der Waals surface area contributed by atoms with Gasteiger partial charge in [0.15, 0.2) is 0 Å². The standard InChI is InChI=1S/C73H123N2O7P/c1-7-10-13-16-19-22-25-27-29-31-33-35-36-37-38-40-42-44-46-48-51-54-57-60-63-66-73(77)82-71(64-61-58-55-52-49-24-21-18-15-12-9-3)70(69-81-83(78,79)80-68-67-75(4,5)6)74-72(76)65-62-59-56-53-50-47-45-43-41-39-34-32-30-28-26-23-20-17-14-11-8-2/h10-11,13-14,19-20,22-23,27-30,33-35,37-39,43,45,50,53,61,64,70-71H,7-9,12,15-18,21,24-26,31-32,36,40-42,44,46-49,51-52,54-60,62-63,65-69H2,1-6H3,(H-,74,76,78,79)/b13-10-,14-11-,22-19-,23-20-,29-27-,30-28-,35-33-,38-37-,39-34-,45-43-,53-50-,64-61+. The molecule has 0 aromatic carbocycles. The summed E-state index contributed by atoms with van der Waals surface area (Å²) in [7, 11) is 1.13. The number of phosphoric acid groups is 1. The lowest BCUT2D eigenvalue weighted by Crippen LogP contribution is -2.47. The van der Waals surface area contributed by atoms with Gasteiger partial charge in [-0.3, -0.25) is 14.2 Å². The number of hydrogen-bond donors (Lipinski definition) is 1. The topological polar surface area (TPSA) is 114 Å². The highest BCUT2D eigenvalue weighted by molar-refractivity contribution is 7.45. The van der Waals surface area contributed by atoms with E-state index in [4.69, 9.17) is 13.8 Å². The van der Waals surface area contributed by atoms with E-state index < -0.39 is 26.6 Å². The number of amides is 1. The van der Waals surface area contributed by atoms with Gasteiger partial charge in [-0.25, -0.2) is 0 Å². The van der Waals surface area contributed by atoms with Crippen molar-refractivity contribution in [3.63, 3.8) is 0 Å². The SMILES string of the molecule is CC/C=C\C/C=C\C/C=C\C/C=C\C/C=C\C/C=C\CCCCC(=O)NC(COP(=O)([O-])OCC[N+](C)(C)C)C(/C=C/CCCCCCCCCCC)OC(=O)CCCCCCCCCCC/C=C\C/C=C\C/C=C\C/C=C\C/C=C\CC. The Balaban J connectivity index is 5.21. The van der Waals surface area contributed by atoms with Crippen LogP contribution in [0.4, 0.5) is 0 Å². The van der Waals surface area contributed by atoms with Gasteiger partial charge in [0.05, 0.1) is 33.8 Å². The Morgan fingerprint density at radius 3 is 1.17 bits per heavy atom. The quantitative estimate of drug-likeness (QED) is 0.0212. The number of ether oxygens (including phenoxy) is 1. The number of rotatable bonds is 58. The molecule has 0 radical (unpaired) electrons. The molecule has 10 heteroatoms. The second-order valence-corrected chi connectivity index (χ2v) is 24.3. The number of hydrogen-bond acceptors (Lipinski definition) is 7. The molecule has 0 saturated carbocycles. The Bertz CT molecular complexity index is 1930. The van der Waals surface area contributed by atoms with Gasteiger partial charge in [0.1, 0.15) is 19.3 Å². The van der Waals surface area contributed by atoms with Gasteiger partial charge in [-0.05, 0) is 128 Å². The maximum absolute atomic E-state index is 13.5. The van der Waals surface area contributed by atoms with Crippen LogP contribution >= 0.6 is 7.82 Å². The van der Waals surface area contributed by atoms with E-state index >= 15 is 0 Å². The molecule has 0 rings (SSSR count). The van der Waals surface area contributed by atoms with Crippen LogP contribution in [0, 0.1) is 0 Å². The first-order chi connectivity index (χ1) is 40.4. The first-order valence-electron chi connectivity index (χ1n) is 33.1. The van der Waals surface area contributed by atoms with Crippen LogP contribution in [0.2, 0.25) is 0 Å². The molecule has 0 heterocycles. The molecule has 0 bridgehead atoms. The number of nitrogens with zero attached hydrogens (tertiary/aromatic N) is 1. The van der Waals surface area contributed by atoms with Crippen LogP contribution in [0.25, 0.3) is 0 Å². The number of allylic oxidation sites excluding steroid dienone is 23. The van der Waals surface area contributed by atoms with E-state index in [-0.39, 0.29) is 31.3 Å². The third-order valence-electron chi connectivity index (χ3n) is 13.8. The number of carbonyl (C=O) groups is 2. The molecule has 3 atom stereocenters. The van der Waals surface area contributed by atoms with E-state index in [1.54, 1.807) is 0 Å². The molecule has 1 amide bonds. The van der Waals surface area contributed by atoms with Gasteiger partial charge >= 0.3 is 5.97 Å². The maximum atomic E-state index is 13.5. The van der Waals surface area contributed by atoms with Crippen LogP contribution in [0.1, 0.15) is 252 Å². The monoisotopic (exact) mass is 1170 g/mol. The van der Waals surface area contributed by atoms with Crippen LogP contribution in [-0.4, -0.2) is 69.4 Å². The first-order valence-corrected chi connectivity index (χ1v) is 34.6. The van der Waals surface area contributed by atoms with Crippen LogP contribution < -0.4 is 10.2 Å². The zero-order chi connectivity index (χ0) is 60.7. The molecule has 0 aliphatic heterocycles. The largest absolute Gasteiger partial charge is 0.756 e. The summed E-state index contributed by atoms with van der Waals surface area (Å²) < 4.78 is 30.3.